The normalized spacial score (nSPS) is 14.8. The van der Waals surface area contributed by atoms with Gasteiger partial charge in [0.2, 0.25) is 5.91 Å². The summed E-state index contributed by atoms with van der Waals surface area (Å²) in [6.07, 6.45) is 1.66. The number of hydrogen-bond donors (Lipinski definition) is 2. The fraction of sp³-hybridized carbons (Fsp3) is 0.500. The lowest BCUT2D eigenvalue weighted by Gasteiger charge is -2.21. The van der Waals surface area contributed by atoms with Crippen LogP contribution in [0.2, 0.25) is 5.02 Å². The van der Waals surface area contributed by atoms with Crippen LogP contribution in [0.1, 0.15) is 19.8 Å². The van der Waals surface area contributed by atoms with Crippen molar-refractivity contribution in [2.45, 2.75) is 19.8 Å². The molecule has 0 saturated carbocycles. The summed E-state index contributed by atoms with van der Waals surface area (Å²) in [4.78, 5) is 12.1. The number of benzene rings is 1. The van der Waals surface area contributed by atoms with E-state index in [0.29, 0.717) is 42.0 Å². The summed E-state index contributed by atoms with van der Waals surface area (Å²) in [5, 5.41) is 3.24. The van der Waals surface area contributed by atoms with Crippen LogP contribution < -0.4 is 20.5 Å². The first kappa shape index (κ1) is 14.9. The summed E-state index contributed by atoms with van der Waals surface area (Å²) < 4.78 is 10.9. The van der Waals surface area contributed by atoms with E-state index in [1.165, 1.54) is 0 Å². The number of amides is 1. The second-order valence-corrected chi connectivity index (χ2v) is 5.09. The van der Waals surface area contributed by atoms with Crippen molar-refractivity contribution in [3.63, 3.8) is 0 Å². The third kappa shape index (κ3) is 3.35. The van der Waals surface area contributed by atoms with E-state index in [9.17, 15) is 4.79 Å². The minimum atomic E-state index is -0.204. The van der Waals surface area contributed by atoms with Crippen LogP contribution >= 0.6 is 11.6 Å². The van der Waals surface area contributed by atoms with Crippen LogP contribution in [0.5, 0.6) is 11.5 Å². The predicted octanol–water partition coefficient (Wildman–Crippen LogP) is 2.42. The first-order chi connectivity index (χ1) is 9.65. The fourth-order valence-corrected chi connectivity index (χ4v) is 2.30. The summed E-state index contributed by atoms with van der Waals surface area (Å²) >= 11 is 6.15. The Morgan fingerprint density at radius 2 is 2.05 bits per heavy atom. The molecule has 1 unspecified atom stereocenters. The third-order valence-electron chi connectivity index (χ3n) is 3.18. The molecule has 1 aliphatic heterocycles. The van der Waals surface area contributed by atoms with Gasteiger partial charge in [0, 0.05) is 18.7 Å². The van der Waals surface area contributed by atoms with Crippen molar-refractivity contribution in [3.05, 3.63) is 17.2 Å². The molecule has 1 aromatic rings. The Bertz CT molecular complexity index is 494. The van der Waals surface area contributed by atoms with E-state index in [0.717, 1.165) is 12.8 Å². The highest BCUT2D eigenvalue weighted by Gasteiger charge is 2.20. The second-order valence-electron chi connectivity index (χ2n) is 4.69. The highest BCUT2D eigenvalue weighted by Crippen LogP contribution is 2.38. The molecule has 0 aliphatic carbocycles. The number of carbonyl (C=O) groups is 1. The van der Waals surface area contributed by atoms with Crippen molar-refractivity contribution in [1.29, 1.82) is 0 Å². The molecule has 0 aromatic heterocycles. The first-order valence-electron chi connectivity index (χ1n) is 6.75. The molecule has 1 heterocycles. The molecule has 0 saturated heterocycles. The zero-order chi connectivity index (χ0) is 14.5. The number of rotatable bonds is 5. The number of ether oxygens (including phenoxy) is 2. The maximum absolute atomic E-state index is 12.1. The van der Waals surface area contributed by atoms with Crippen LogP contribution in [0.25, 0.3) is 0 Å². The van der Waals surface area contributed by atoms with Crippen LogP contribution in [0.3, 0.4) is 0 Å². The lowest BCUT2D eigenvalue weighted by molar-refractivity contribution is -0.119. The van der Waals surface area contributed by atoms with Crippen LogP contribution in [0, 0.1) is 5.92 Å². The number of nitrogens with two attached hydrogens (primary N) is 1. The maximum atomic E-state index is 12.1. The SMILES string of the molecule is CCCC(CN)C(=O)Nc1cc2c(cc1Cl)OCCO2. The van der Waals surface area contributed by atoms with Crippen LogP contribution in [-0.2, 0) is 4.79 Å². The van der Waals surface area contributed by atoms with E-state index in [4.69, 9.17) is 26.8 Å². The van der Waals surface area contributed by atoms with E-state index in [1.54, 1.807) is 12.1 Å². The molecule has 1 atom stereocenters. The highest BCUT2D eigenvalue weighted by atomic mass is 35.5. The van der Waals surface area contributed by atoms with Gasteiger partial charge in [0.15, 0.2) is 11.5 Å². The number of hydrogen-bond acceptors (Lipinski definition) is 4. The number of fused-ring (bicyclic) bond motifs is 1. The maximum Gasteiger partial charge on any atom is 0.228 e. The van der Waals surface area contributed by atoms with Crippen molar-refractivity contribution >= 4 is 23.2 Å². The van der Waals surface area contributed by atoms with Gasteiger partial charge in [-0.3, -0.25) is 4.79 Å². The van der Waals surface area contributed by atoms with E-state index in [1.807, 2.05) is 6.92 Å². The van der Waals surface area contributed by atoms with Crippen LogP contribution in [0.4, 0.5) is 5.69 Å². The minimum absolute atomic E-state index is 0.118. The molecule has 0 radical (unpaired) electrons. The molecule has 5 nitrogen and oxygen atoms in total. The molecule has 1 aliphatic rings. The molecule has 1 amide bonds. The van der Waals surface area contributed by atoms with Gasteiger partial charge in [0.1, 0.15) is 13.2 Å². The van der Waals surface area contributed by atoms with Crippen molar-refractivity contribution in [2.75, 3.05) is 25.1 Å². The van der Waals surface area contributed by atoms with Crippen molar-refractivity contribution in [2.24, 2.45) is 11.7 Å². The fourth-order valence-electron chi connectivity index (χ4n) is 2.10. The van der Waals surface area contributed by atoms with Gasteiger partial charge < -0.3 is 20.5 Å². The lowest BCUT2D eigenvalue weighted by Crippen LogP contribution is -2.29. The van der Waals surface area contributed by atoms with Gasteiger partial charge >= 0.3 is 0 Å². The molecular weight excluding hydrogens is 280 g/mol. The minimum Gasteiger partial charge on any atom is -0.486 e. The van der Waals surface area contributed by atoms with Gasteiger partial charge in [-0.1, -0.05) is 24.9 Å². The molecule has 2 rings (SSSR count). The molecule has 20 heavy (non-hydrogen) atoms. The van der Waals surface area contributed by atoms with Crippen LogP contribution in [0.15, 0.2) is 12.1 Å². The molecular formula is C14H19ClN2O3. The lowest BCUT2D eigenvalue weighted by atomic mass is 10.0. The molecule has 0 bridgehead atoms. The Kier molecular flexibility index (Phi) is 5.09. The molecule has 3 N–H and O–H groups in total. The molecule has 6 heteroatoms. The monoisotopic (exact) mass is 298 g/mol. The molecule has 0 spiro atoms. The summed E-state index contributed by atoms with van der Waals surface area (Å²) in [6.45, 7) is 3.33. The number of anilines is 1. The predicted molar refractivity (Wildman–Crippen MR) is 78.5 cm³/mol. The summed E-state index contributed by atoms with van der Waals surface area (Å²) in [5.41, 5.74) is 6.15. The van der Waals surface area contributed by atoms with Gasteiger partial charge in [-0.15, -0.1) is 0 Å². The van der Waals surface area contributed by atoms with Gasteiger partial charge in [-0.05, 0) is 6.42 Å². The smallest absolute Gasteiger partial charge is 0.228 e. The van der Waals surface area contributed by atoms with E-state index in [2.05, 4.69) is 5.32 Å². The van der Waals surface area contributed by atoms with Gasteiger partial charge in [-0.25, -0.2) is 0 Å². The first-order valence-corrected chi connectivity index (χ1v) is 7.13. The quantitative estimate of drug-likeness (QED) is 0.875. The Morgan fingerprint density at radius 3 is 2.65 bits per heavy atom. The zero-order valence-electron chi connectivity index (χ0n) is 11.4. The average molecular weight is 299 g/mol. The Balaban J connectivity index is 2.14. The number of halogens is 1. The zero-order valence-corrected chi connectivity index (χ0v) is 12.2. The third-order valence-corrected chi connectivity index (χ3v) is 3.49. The number of carbonyl (C=O) groups excluding carboxylic acids is 1. The van der Waals surface area contributed by atoms with E-state index in [-0.39, 0.29) is 11.8 Å². The number of nitrogens with one attached hydrogen (secondary N) is 1. The van der Waals surface area contributed by atoms with Crippen molar-refractivity contribution in [3.8, 4) is 11.5 Å². The Hall–Kier alpha value is -1.46. The average Bonchev–Trinajstić information content (AvgIpc) is 2.45. The standard InChI is InChI=1S/C14H19ClN2O3/c1-2-3-9(8-16)14(18)17-11-7-13-12(6-10(11)15)19-4-5-20-13/h6-7,9H,2-5,8,16H2,1H3,(H,17,18). The Morgan fingerprint density at radius 1 is 1.40 bits per heavy atom. The van der Waals surface area contributed by atoms with Crippen molar-refractivity contribution in [1.82, 2.24) is 0 Å². The highest BCUT2D eigenvalue weighted by molar-refractivity contribution is 6.34. The summed E-state index contributed by atoms with van der Waals surface area (Å²) in [6, 6.07) is 3.34. The van der Waals surface area contributed by atoms with E-state index < -0.39 is 0 Å². The molecule has 1 aromatic carbocycles. The van der Waals surface area contributed by atoms with Gasteiger partial charge in [-0.2, -0.15) is 0 Å². The second kappa shape index (κ2) is 6.81. The van der Waals surface area contributed by atoms with Gasteiger partial charge in [0.25, 0.3) is 0 Å². The topological polar surface area (TPSA) is 73.6 Å². The van der Waals surface area contributed by atoms with Gasteiger partial charge in [0.05, 0.1) is 16.6 Å². The van der Waals surface area contributed by atoms with Crippen LogP contribution in [-0.4, -0.2) is 25.7 Å². The Labute approximate surface area is 123 Å². The molecule has 0 fully saturated rings. The largest absolute Gasteiger partial charge is 0.486 e. The summed E-state index contributed by atoms with van der Waals surface area (Å²) in [5.74, 6) is 0.871. The molecule has 110 valence electrons. The van der Waals surface area contributed by atoms with E-state index >= 15 is 0 Å². The summed E-state index contributed by atoms with van der Waals surface area (Å²) in [7, 11) is 0. The van der Waals surface area contributed by atoms with Crippen molar-refractivity contribution < 1.29 is 14.3 Å².